The highest BCUT2D eigenvalue weighted by molar-refractivity contribution is 5.94. The van der Waals surface area contributed by atoms with Crippen LogP contribution in [0, 0.1) is 0 Å². The van der Waals surface area contributed by atoms with Crippen molar-refractivity contribution in [2.75, 3.05) is 46.4 Å². The number of carbonyl (C=O) groups excluding carboxylic acids is 1. The van der Waals surface area contributed by atoms with E-state index < -0.39 is 6.10 Å². The molecule has 0 bridgehead atoms. The van der Waals surface area contributed by atoms with Crippen molar-refractivity contribution < 1.29 is 24.4 Å². The SMILES string of the molecule is CC(=O)c1ccc(OC[C@H](O)C[NH+]2CC[NH+](C)CC2)cc1. The van der Waals surface area contributed by atoms with Crippen LogP contribution in [0.4, 0.5) is 0 Å². The molecule has 0 radical (unpaired) electrons. The molecule has 5 heteroatoms. The first kappa shape index (κ1) is 15.9. The maximum atomic E-state index is 11.2. The fraction of sp³-hybridized carbons (Fsp3) is 0.562. The Morgan fingerprint density at radius 1 is 1.24 bits per heavy atom. The van der Waals surface area contributed by atoms with Crippen molar-refractivity contribution in [2.24, 2.45) is 0 Å². The highest BCUT2D eigenvalue weighted by Gasteiger charge is 2.22. The van der Waals surface area contributed by atoms with Crippen LogP contribution in [-0.2, 0) is 0 Å². The number of aliphatic hydroxyl groups excluding tert-OH is 1. The van der Waals surface area contributed by atoms with Crippen LogP contribution in [0.15, 0.2) is 24.3 Å². The zero-order chi connectivity index (χ0) is 15.2. The number of aliphatic hydroxyl groups is 1. The van der Waals surface area contributed by atoms with Gasteiger partial charge in [0.25, 0.3) is 0 Å². The van der Waals surface area contributed by atoms with Gasteiger partial charge in [-0.15, -0.1) is 0 Å². The molecule has 0 spiro atoms. The van der Waals surface area contributed by atoms with Gasteiger partial charge in [0.1, 0.15) is 51.2 Å². The smallest absolute Gasteiger partial charge is 0.159 e. The second kappa shape index (κ2) is 7.54. The van der Waals surface area contributed by atoms with Crippen LogP contribution in [0.25, 0.3) is 0 Å². The van der Waals surface area contributed by atoms with Gasteiger partial charge in [0.05, 0.1) is 7.05 Å². The van der Waals surface area contributed by atoms with Crippen molar-refractivity contribution in [2.45, 2.75) is 13.0 Å². The van der Waals surface area contributed by atoms with Crippen LogP contribution in [0.2, 0.25) is 0 Å². The van der Waals surface area contributed by atoms with Gasteiger partial charge in [-0.05, 0) is 31.2 Å². The summed E-state index contributed by atoms with van der Waals surface area (Å²) < 4.78 is 5.59. The van der Waals surface area contributed by atoms with Gasteiger partial charge in [0.15, 0.2) is 5.78 Å². The first-order valence-corrected chi connectivity index (χ1v) is 7.61. The highest BCUT2D eigenvalue weighted by atomic mass is 16.5. The van der Waals surface area contributed by atoms with Crippen LogP contribution < -0.4 is 14.5 Å². The number of benzene rings is 1. The molecule has 5 nitrogen and oxygen atoms in total. The molecule has 0 aromatic heterocycles. The molecule has 1 atom stereocenters. The Bertz CT molecular complexity index is 453. The lowest BCUT2D eigenvalue weighted by Gasteiger charge is -2.28. The second-order valence-electron chi connectivity index (χ2n) is 5.96. The molecule has 3 N–H and O–H groups in total. The van der Waals surface area contributed by atoms with Gasteiger partial charge in [0, 0.05) is 5.56 Å². The van der Waals surface area contributed by atoms with Crippen LogP contribution >= 0.6 is 0 Å². The summed E-state index contributed by atoms with van der Waals surface area (Å²) in [7, 11) is 2.21. The van der Waals surface area contributed by atoms with Gasteiger partial charge in [-0.1, -0.05) is 0 Å². The number of ketones is 1. The maximum Gasteiger partial charge on any atom is 0.159 e. The predicted molar refractivity (Wildman–Crippen MR) is 80.1 cm³/mol. The van der Waals surface area contributed by atoms with Gasteiger partial charge < -0.3 is 19.6 Å². The normalized spacial score (nSPS) is 23.6. The molecule has 0 saturated carbocycles. The summed E-state index contributed by atoms with van der Waals surface area (Å²) in [6.45, 7) is 7.11. The van der Waals surface area contributed by atoms with Gasteiger partial charge in [-0.2, -0.15) is 0 Å². The molecular weight excluding hydrogens is 268 g/mol. The monoisotopic (exact) mass is 294 g/mol. The van der Waals surface area contributed by atoms with Crippen LogP contribution in [-0.4, -0.2) is 63.4 Å². The number of hydrogen-bond donors (Lipinski definition) is 3. The standard InChI is InChI=1S/C16H24N2O3/c1-13(19)14-3-5-16(6-4-14)21-12-15(20)11-18-9-7-17(2)8-10-18/h3-6,15,20H,7-12H2,1-2H3/p+2/t15-/m1/s1. The molecule has 1 aromatic rings. The molecule has 1 saturated heterocycles. The number of Topliss-reactive ketones (excluding diaryl/α,β-unsaturated/α-hetero) is 1. The summed E-state index contributed by atoms with van der Waals surface area (Å²) in [5.41, 5.74) is 0.673. The fourth-order valence-corrected chi connectivity index (χ4v) is 2.60. The van der Waals surface area contributed by atoms with Crippen LogP contribution in [0.5, 0.6) is 5.75 Å². The van der Waals surface area contributed by atoms with E-state index in [1.165, 1.54) is 4.90 Å². The van der Waals surface area contributed by atoms with E-state index >= 15 is 0 Å². The first-order valence-electron chi connectivity index (χ1n) is 7.61. The quantitative estimate of drug-likeness (QED) is 0.534. The van der Waals surface area contributed by atoms with Gasteiger partial charge in [-0.3, -0.25) is 4.79 Å². The lowest BCUT2D eigenvalue weighted by molar-refractivity contribution is -1.00. The summed E-state index contributed by atoms with van der Waals surface area (Å²) >= 11 is 0. The average Bonchev–Trinajstić information content (AvgIpc) is 2.48. The molecular formula is C16H26N2O3+2. The Morgan fingerprint density at radius 3 is 2.43 bits per heavy atom. The lowest BCUT2D eigenvalue weighted by Crippen LogP contribution is -3.27. The van der Waals surface area contributed by atoms with Crippen molar-refractivity contribution in [1.29, 1.82) is 0 Å². The van der Waals surface area contributed by atoms with E-state index in [1.54, 1.807) is 36.1 Å². The third kappa shape index (κ3) is 5.12. The number of rotatable bonds is 6. The number of carbonyl (C=O) groups is 1. The molecule has 0 unspecified atom stereocenters. The molecule has 116 valence electrons. The molecule has 1 heterocycles. The van der Waals surface area contributed by atoms with E-state index in [2.05, 4.69) is 7.05 Å². The molecule has 0 aliphatic carbocycles. The number of hydrogen-bond acceptors (Lipinski definition) is 3. The largest absolute Gasteiger partial charge is 0.491 e. The summed E-state index contributed by atoms with van der Waals surface area (Å²) in [4.78, 5) is 14.2. The van der Waals surface area contributed by atoms with Crippen molar-refractivity contribution in [1.82, 2.24) is 0 Å². The number of piperazine rings is 1. The van der Waals surface area contributed by atoms with Crippen LogP contribution in [0.1, 0.15) is 17.3 Å². The molecule has 0 amide bonds. The van der Waals surface area contributed by atoms with Crippen molar-refractivity contribution in [3.63, 3.8) is 0 Å². The third-order valence-corrected chi connectivity index (χ3v) is 4.04. The van der Waals surface area contributed by atoms with Crippen molar-refractivity contribution in [3.8, 4) is 5.75 Å². The molecule has 2 rings (SSSR count). The highest BCUT2D eigenvalue weighted by Crippen LogP contribution is 2.12. The Labute approximate surface area is 126 Å². The number of quaternary nitrogens is 2. The summed E-state index contributed by atoms with van der Waals surface area (Å²) in [5.74, 6) is 0.735. The molecule has 1 aromatic carbocycles. The van der Waals surface area contributed by atoms with E-state index in [1.807, 2.05) is 0 Å². The van der Waals surface area contributed by atoms with Gasteiger partial charge in [-0.25, -0.2) is 0 Å². The fourth-order valence-electron chi connectivity index (χ4n) is 2.60. The predicted octanol–water partition coefficient (Wildman–Crippen LogP) is -1.96. The third-order valence-electron chi connectivity index (χ3n) is 4.04. The molecule has 1 aliphatic rings. The van der Waals surface area contributed by atoms with Crippen LogP contribution in [0.3, 0.4) is 0 Å². The number of nitrogens with one attached hydrogen (secondary N) is 2. The van der Waals surface area contributed by atoms with E-state index in [4.69, 9.17) is 4.74 Å². The molecule has 1 aliphatic heterocycles. The van der Waals surface area contributed by atoms with Crippen molar-refractivity contribution >= 4 is 5.78 Å². The number of likely N-dealkylation sites (N-methyl/N-ethyl adjacent to an activating group) is 1. The molecule has 1 fully saturated rings. The summed E-state index contributed by atoms with van der Waals surface area (Å²) in [6.07, 6.45) is -0.453. The second-order valence-corrected chi connectivity index (χ2v) is 5.96. The summed E-state index contributed by atoms with van der Waals surface area (Å²) in [5, 5.41) is 10.1. The lowest BCUT2D eigenvalue weighted by atomic mass is 10.1. The number of ether oxygens (including phenoxy) is 1. The van der Waals surface area contributed by atoms with Gasteiger partial charge in [0.2, 0.25) is 0 Å². The minimum atomic E-state index is -0.453. The molecule has 21 heavy (non-hydrogen) atoms. The zero-order valence-electron chi connectivity index (χ0n) is 12.9. The van der Waals surface area contributed by atoms with E-state index in [-0.39, 0.29) is 5.78 Å². The minimum Gasteiger partial charge on any atom is -0.491 e. The Hall–Kier alpha value is -1.43. The van der Waals surface area contributed by atoms with E-state index in [0.29, 0.717) is 17.9 Å². The topological polar surface area (TPSA) is 55.4 Å². The van der Waals surface area contributed by atoms with E-state index in [0.717, 1.165) is 32.7 Å². The summed E-state index contributed by atoms with van der Waals surface area (Å²) in [6, 6.07) is 7.04. The first-order chi connectivity index (χ1) is 10.0. The Kier molecular flexibility index (Phi) is 5.73. The minimum absolute atomic E-state index is 0.0439. The maximum absolute atomic E-state index is 11.2. The Morgan fingerprint density at radius 2 is 1.86 bits per heavy atom. The van der Waals surface area contributed by atoms with Gasteiger partial charge >= 0.3 is 0 Å². The average molecular weight is 294 g/mol. The Balaban J connectivity index is 1.73. The van der Waals surface area contributed by atoms with Crippen molar-refractivity contribution in [3.05, 3.63) is 29.8 Å². The zero-order valence-corrected chi connectivity index (χ0v) is 12.9. The van der Waals surface area contributed by atoms with E-state index in [9.17, 15) is 9.90 Å².